The fourth-order valence-corrected chi connectivity index (χ4v) is 4.85. The van der Waals surface area contributed by atoms with Gasteiger partial charge in [-0.1, -0.05) is 36.8 Å². The molecule has 1 aliphatic rings. The summed E-state index contributed by atoms with van der Waals surface area (Å²) in [4.78, 5) is 6.67. The summed E-state index contributed by atoms with van der Waals surface area (Å²) < 4.78 is 31.8. The number of aromatic nitrogens is 2. The maximum absolute atomic E-state index is 12.2. The number of aryl methyl sites for hydroxylation is 1. The quantitative estimate of drug-likeness (QED) is 0.642. The molecule has 154 valence electrons. The van der Waals surface area contributed by atoms with E-state index in [2.05, 4.69) is 22.0 Å². The topological polar surface area (TPSA) is 64.4 Å². The van der Waals surface area contributed by atoms with Crippen LogP contribution in [0.15, 0.2) is 41.7 Å². The molecule has 2 aromatic rings. The van der Waals surface area contributed by atoms with Crippen LogP contribution in [0.25, 0.3) is 0 Å². The van der Waals surface area contributed by atoms with E-state index < -0.39 is 9.84 Å². The molecule has 0 saturated carbocycles. The van der Waals surface area contributed by atoms with Gasteiger partial charge in [-0.15, -0.1) is 0 Å². The molecule has 0 N–H and O–H groups in total. The van der Waals surface area contributed by atoms with E-state index in [0.717, 1.165) is 31.5 Å². The van der Waals surface area contributed by atoms with Gasteiger partial charge in [-0.2, -0.15) is 0 Å². The van der Waals surface area contributed by atoms with Crippen molar-refractivity contribution in [1.29, 1.82) is 0 Å². The van der Waals surface area contributed by atoms with Crippen molar-refractivity contribution in [2.75, 3.05) is 26.5 Å². The van der Waals surface area contributed by atoms with E-state index in [9.17, 15) is 8.42 Å². The van der Waals surface area contributed by atoms with Crippen LogP contribution in [0, 0.1) is 0 Å². The Morgan fingerprint density at radius 2 is 2.00 bits per heavy atom. The molecule has 7 heteroatoms. The van der Waals surface area contributed by atoms with Gasteiger partial charge < -0.3 is 9.30 Å². The molecule has 0 amide bonds. The van der Waals surface area contributed by atoms with Gasteiger partial charge in [-0.25, -0.2) is 13.4 Å². The zero-order valence-corrected chi connectivity index (χ0v) is 17.7. The molecule has 3 rings (SSSR count). The van der Waals surface area contributed by atoms with Crippen LogP contribution >= 0.6 is 0 Å². The lowest BCUT2D eigenvalue weighted by Gasteiger charge is -2.35. The zero-order valence-electron chi connectivity index (χ0n) is 16.9. The van der Waals surface area contributed by atoms with Crippen LogP contribution < -0.4 is 0 Å². The average Bonchev–Trinajstić information content (AvgIpc) is 3.07. The molecular formula is C21H31N3O3S. The van der Waals surface area contributed by atoms with Gasteiger partial charge in [-0.3, -0.25) is 4.90 Å². The van der Waals surface area contributed by atoms with Gasteiger partial charge >= 0.3 is 0 Å². The van der Waals surface area contributed by atoms with Crippen LogP contribution in [0.2, 0.25) is 0 Å². The second-order valence-corrected chi connectivity index (χ2v) is 9.53. The lowest BCUT2D eigenvalue weighted by molar-refractivity contribution is 0.0583. The maximum Gasteiger partial charge on any atom is 0.227 e. The molecular weight excluding hydrogens is 374 g/mol. The molecule has 1 atom stereocenters. The Hall–Kier alpha value is -1.70. The lowest BCUT2D eigenvalue weighted by Crippen LogP contribution is -2.42. The molecule has 1 aromatic heterocycles. The first kappa shape index (κ1) is 21.0. The summed E-state index contributed by atoms with van der Waals surface area (Å²) in [7, 11) is -1.63. The third-order valence-electron chi connectivity index (χ3n) is 5.40. The number of ether oxygens (including phenoxy) is 1. The molecule has 6 nitrogen and oxygen atoms in total. The second-order valence-electron chi connectivity index (χ2n) is 7.62. The van der Waals surface area contributed by atoms with Gasteiger partial charge in [0.2, 0.25) is 15.0 Å². The number of rotatable bonds is 9. The lowest BCUT2D eigenvalue weighted by atomic mass is 10.0. The van der Waals surface area contributed by atoms with Crippen molar-refractivity contribution < 1.29 is 13.2 Å². The van der Waals surface area contributed by atoms with Crippen LogP contribution in [0.5, 0.6) is 0 Å². The number of sulfone groups is 1. The van der Waals surface area contributed by atoms with Crippen molar-refractivity contribution >= 4 is 9.84 Å². The van der Waals surface area contributed by atoms with E-state index in [1.54, 1.807) is 13.3 Å². The highest BCUT2D eigenvalue weighted by molar-refractivity contribution is 7.90. The molecule has 1 aliphatic heterocycles. The Morgan fingerprint density at radius 3 is 2.71 bits per heavy atom. The predicted octanol–water partition coefficient (Wildman–Crippen LogP) is 2.92. The summed E-state index contributed by atoms with van der Waals surface area (Å²) >= 11 is 0. The maximum atomic E-state index is 12.2. The van der Waals surface area contributed by atoms with Gasteiger partial charge in [-0.05, 0) is 37.8 Å². The first-order chi connectivity index (χ1) is 13.5. The Kier molecular flexibility index (Phi) is 7.26. The number of piperidine rings is 1. The van der Waals surface area contributed by atoms with Crippen LogP contribution in [0.1, 0.15) is 36.9 Å². The monoisotopic (exact) mass is 405 g/mol. The normalized spacial score (nSPS) is 18.4. The number of likely N-dealkylation sites (tertiary alicyclic amines) is 1. The largest absolute Gasteiger partial charge is 0.383 e. The molecule has 1 fully saturated rings. The summed E-state index contributed by atoms with van der Waals surface area (Å²) in [5.41, 5.74) is 2.23. The van der Waals surface area contributed by atoms with Crippen molar-refractivity contribution in [3.05, 3.63) is 47.8 Å². The van der Waals surface area contributed by atoms with Gasteiger partial charge in [0.25, 0.3) is 0 Å². The Balaban J connectivity index is 1.75. The number of hydrogen-bond donors (Lipinski definition) is 0. The van der Waals surface area contributed by atoms with Crippen LogP contribution in [0.4, 0.5) is 0 Å². The molecule has 1 saturated heterocycles. The smallest absolute Gasteiger partial charge is 0.227 e. The molecule has 1 unspecified atom stereocenters. The van der Waals surface area contributed by atoms with Gasteiger partial charge in [0.15, 0.2) is 0 Å². The zero-order chi connectivity index (χ0) is 20.0. The molecule has 28 heavy (non-hydrogen) atoms. The van der Waals surface area contributed by atoms with Crippen LogP contribution in [-0.4, -0.2) is 55.4 Å². The number of nitrogens with zero attached hydrogens (tertiary/aromatic N) is 3. The molecule has 0 aliphatic carbocycles. The number of methoxy groups -OCH3 is 1. The summed E-state index contributed by atoms with van der Waals surface area (Å²) in [6, 6.07) is 10.7. The second kappa shape index (κ2) is 9.67. The molecule has 1 aromatic carbocycles. The van der Waals surface area contributed by atoms with E-state index in [-0.39, 0.29) is 5.16 Å². The van der Waals surface area contributed by atoms with E-state index >= 15 is 0 Å². The Morgan fingerprint density at radius 1 is 1.21 bits per heavy atom. The van der Waals surface area contributed by atoms with Crippen LogP contribution in [0.3, 0.4) is 0 Å². The fraction of sp³-hybridized carbons (Fsp3) is 0.571. The Bertz CT molecular complexity index is 847. The van der Waals surface area contributed by atoms with Gasteiger partial charge in [0, 0.05) is 32.5 Å². The van der Waals surface area contributed by atoms with Crippen molar-refractivity contribution in [2.24, 2.45) is 0 Å². The summed E-state index contributed by atoms with van der Waals surface area (Å²) in [5, 5.41) is 0.177. The highest BCUT2D eigenvalue weighted by atomic mass is 32.2. The third kappa shape index (κ3) is 5.43. The van der Waals surface area contributed by atoms with E-state index in [0.29, 0.717) is 25.7 Å². The SMILES string of the molecule is COCC1CCCCN1Cc1cnc(S(C)(=O)=O)n1CCCc1ccccc1. The predicted molar refractivity (Wildman–Crippen MR) is 110 cm³/mol. The first-order valence-electron chi connectivity index (χ1n) is 10.0. The number of benzene rings is 1. The standard InChI is InChI=1S/C21H31N3O3S/c1-27-17-19-12-6-7-13-23(19)16-20-15-22-21(28(2,25)26)24(20)14-8-11-18-9-4-3-5-10-18/h3-5,9-10,15,19H,6-8,11-14,16-17H2,1-2H3. The summed E-state index contributed by atoms with van der Waals surface area (Å²) in [5.74, 6) is 0. The van der Waals surface area contributed by atoms with E-state index in [4.69, 9.17) is 4.74 Å². The van der Waals surface area contributed by atoms with Crippen molar-refractivity contribution in [3.8, 4) is 0 Å². The summed E-state index contributed by atoms with van der Waals surface area (Å²) in [6.45, 7) is 3.08. The van der Waals surface area contributed by atoms with Crippen molar-refractivity contribution in [2.45, 2.75) is 56.4 Å². The van der Waals surface area contributed by atoms with Crippen molar-refractivity contribution in [3.63, 3.8) is 0 Å². The summed E-state index contributed by atoms with van der Waals surface area (Å²) in [6.07, 6.45) is 8.26. The van der Waals surface area contributed by atoms with Gasteiger partial charge in [0.05, 0.1) is 18.5 Å². The van der Waals surface area contributed by atoms with E-state index in [1.807, 2.05) is 22.8 Å². The molecule has 2 heterocycles. The highest BCUT2D eigenvalue weighted by Gasteiger charge is 2.25. The molecule has 0 bridgehead atoms. The number of imidazole rings is 1. The fourth-order valence-electron chi connectivity index (χ4n) is 4.00. The van der Waals surface area contributed by atoms with Crippen LogP contribution in [-0.2, 0) is 34.1 Å². The third-order valence-corrected chi connectivity index (χ3v) is 6.39. The highest BCUT2D eigenvalue weighted by Crippen LogP contribution is 2.22. The van der Waals surface area contributed by atoms with Crippen molar-refractivity contribution in [1.82, 2.24) is 14.5 Å². The molecule has 0 radical (unpaired) electrons. The minimum atomic E-state index is -3.36. The molecule has 0 spiro atoms. The minimum Gasteiger partial charge on any atom is -0.383 e. The Labute approximate surface area is 168 Å². The van der Waals surface area contributed by atoms with E-state index in [1.165, 1.54) is 24.7 Å². The van der Waals surface area contributed by atoms with Gasteiger partial charge in [0.1, 0.15) is 0 Å². The minimum absolute atomic E-state index is 0.177. The number of hydrogen-bond acceptors (Lipinski definition) is 5. The first-order valence-corrected chi connectivity index (χ1v) is 11.9. The average molecular weight is 406 g/mol.